The lowest BCUT2D eigenvalue weighted by Gasteiger charge is -2.32. The number of sulfonamides is 1. The Kier molecular flexibility index (Phi) is 11.4. The molecule has 0 spiro atoms. The molecule has 0 fully saturated rings. The van der Waals surface area contributed by atoms with Crippen molar-refractivity contribution in [3.05, 3.63) is 99.5 Å². The van der Waals surface area contributed by atoms with E-state index in [1.54, 1.807) is 35.2 Å². The monoisotopic (exact) mass is 603 g/mol. The first kappa shape index (κ1) is 31.5. The van der Waals surface area contributed by atoms with Gasteiger partial charge in [0.25, 0.3) is 0 Å². The van der Waals surface area contributed by atoms with E-state index in [9.17, 15) is 18.0 Å². The molecule has 0 bridgehead atoms. The summed E-state index contributed by atoms with van der Waals surface area (Å²) in [7, 11) is -3.57. The number of aryl methyl sites for hydroxylation is 1. The van der Waals surface area contributed by atoms with Crippen molar-refractivity contribution in [3.8, 4) is 0 Å². The maximum absolute atomic E-state index is 13.8. The smallest absolute Gasteiger partial charge is 0.243 e. The van der Waals surface area contributed by atoms with Gasteiger partial charge in [-0.1, -0.05) is 77.3 Å². The van der Waals surface area contributed by atoms with Crippen LogP contribution in [-0.4, -0.2) is 50.5 Å². The fraction of sp³-hybridized carbons (Fsp3) is 0.333. The summed E-state index contributed by atoms with van der Waals surface area (Å²) in [6, 6.07) is 21.0. The quantitative estimate of drug-likeness (QED) is 0.274. The van der Waals surface area contributed by atoms with Gasteiger partial charge in [0.1, 0.15) is 6.04 Å². The van der Waals surface area contributed by atoms with Crippen LogP contribution < -0.4 is 9.62 Å². The number of benzene rings is 3. The second-order valence-corrected chi connectivity index (χ2v) is 12.4. The predicted octanol–water partition coefficient (Wildman–Crippen LogP) is 5.62. The number of carbonyl (C=O) groups is 2. The summed E-state index contributed by atoms with van der Waals surface area (Å²) in [6.45, 7) is 4.43. The van der Waals surface area contributed by atoms with Gasteiger partial charge in [-0.3, -0.25) is 13.9 Å². The van der Waals surface area contributed by atoms with E-state index < -0.39 is 16.1 Å². The Labute approximate surface area is 247 Å². The lowest BCUT2D eigenvalue weighted by molar-refractivity contribution is -0.141. The van der Waals surface area contributed by atoms with Crippen LogP contribution >= 0.6 is 23.2 Å². The molecule has 0 aliphatic heterocycles. The fourth-order valence-corrected chi connectivity index (χ4v) is 5.68. The molecular weight excluding hydrogens is 569 g/mol. The zero-order valence-electron chi connectivity index (χ0n) is 22.9. The second kappa shape index (κ2) is 14.5. The molecule has 7 nitrogen and oxygen atoms in total. The van der Waals surface area contributed by atoms with Crippen LogP contribution in [0.1, 0.15) is 36.5 Å². The highest BCUT2D eigenvalue weighted by Gasteiger charge is 2.30. The average molecular weight is 605 g/mol. The van der Waals surface area contributed by atoms with Gasteiger partial charge in [-0.25, -0.2) is 8.42 Å². The van der Waals surface area contributed by atoms with Crippen molar-refractivity contribution < 1.29 is 18.0 Å². The normalized spacial score (nSPS) is 12.0. The van der Waals surface area contributed by atoms with Gasteiger partial charge in [0.15, 0.2) is 0 Å². The third-order valence-electron chi connectivity index (χ3n) is 6.43. The highest BCUT2D eigenvalue weighted by Crippen LogP contribution is 2.25. The molecule has 0 aliphatic rings. The van der Waals surface area contributed by atoms with Crippen LogP contribution in [0.2, 0.25) is 10.0 Å². The van der Waals surface area contributed by atoms with Gasteiger partial charge >= 0.3 is 0 Å². The number of nitrogens with one attached hydrogen (secondary N) is 1. The van der Waals surface area contributed by atoms with Crippen LogP contribution in [0.15, 0.2) is 72.8 Å². The predicted molar refractivity (Wildman–Crippen MR) is 162 cm³/mol. The van der Waals surface area contributed by atoms with Crippen LogP contribution in [0.5, 0.6) is 0 Å². The summed E-state index contributed by atoms with van der Waals surface area (Å²) in [5.74, 6) is -0.534. The van der Waals surface area contributed by atoms with E-state index in [1.807, 2.05) is 56.3 Å². The largest absolute Gasteiger partial charge is 0.355 e. The minimum absolute atomic E-state index is 0.0455. The molecule has 0 heterocycles. The van der Waals surface area contributed by atoms with Crippen LogP contribution in [0, 0.1) is 6.92 Å². The molecule has 3 aromatic carbocycles. The van der Waals surface area contributed by atoms with Crippen LogP contribution in [0.25, 0.3) is 0 Å². The van der Waals surface area contributed by atoms with E-state index >= 15 is 0 Å². The number of anilines is 1. The Hall–Kier alpha value is -3.07. The molecular formula is C30H35Cl2N3O4S. The second-order valence-electron chi connectivity index (χ2n) is 9.64. The standard InChI is InChI=1S/C30H35Cl2N3O4S/c1-4-33-30(37)28(20-23-9-6-5-7-10-23)34(21-24-14-17-26(31)27(32)19-24)29(36)11-8-18-35(40(3,38)39)25-15-12-22(2)13-16-25/h5-7,9-10,12-17,19,28H,4,8,11,18,20-21H2,1-3H3,(H,33,37)/t28-/m0/s1. The van der Waals surface area contributed by atoms with Crippen LogP contribution in [0.4, 0.5) is 5.69 Å². The molecule has 10 heteroatoms. The van der Waals surface area contributed by atoms with E-state index in [0.717, 1.165) is 22.9 Å². The topological polar surface area (TPSA) is 86.8 Å². The van der Waals surface area contributed by atoms with Crippen LogP contribution in [0.3, 0.4) is 0 Å². The van der Waals surface area contributed by atoms with Gasteiger partial charge < -0.3 is 10.2 Å². The molecule has 1 N–H and O–H groups in total. The number of amides is 2. The highest BCUT2D eigenvalue weighted by atomic mass is 35.5. The third kappa shape index (κ3) is 8.98. The first-order chi connectivity index (χ1) is 19.0. The van der Waals surface area contributed by atoms with Gasteiger partial charge in [-0.15, -0.1) is 0 Å². The van der Waals surface area contributed by atoms with Gasteiger partial charge in [0.05, 0.1) is 22.0 Å². The molecule has 0 aliphatic carbocycles. The van der Waals surface area contributed by atoms with E-state index in [4.69, 9.17) is 23.2 Å². The number of likely N-dealkylation sites (N-methyl/N-ethyl adjacent to an activating group) is 1. The Bertz CT molecular complexity index is 1400. The van der Waals surface area contributed by atoms with Crippen molar-refractivity contribution in [2.75, 3.05) is 23.7 Å². The van der Waals surface area contributed by atoms with Gasteiger partial charge in [-0.2, -0.15) is 0 Å². The minimum atomic E-state index is -3.57. The average Bonchev–Trinajstić information content (AvgIpc) is 2.91. The van der Waals surface area contributed by atoms with Crippen molar-refractivity contribution in [2.45, 2.75) is 45.7 Å². The van der Waals surface area contributed by atoms with Crippen molar-refractivity contribution in [2.24, 2.45) is 0 Å². The van der Waals surface area contributed by atoms with Gasteiger partial charge in [0.2, 0.25) is 21.8 Å². The molecule has 0 saturated heterocycles. The van der Waals surface area contributed by atoms with Gasteiger partial charge in [0, 0.05) is 32.5 Å². The summed E-state index contributed by atoms with van der Waals surface area (Å²) in [4.78, 5) is 28.6. The van der Waals surface area contributed by atoms with Crippen molar-refractivity contribution in [3.63, 3.8) is 0 Å². The Morgan fingerprint density at radius 1 is 0.925 bits per heavy atom. The molecule has 214 valence electrons. The molecule has 3 rings (SSSR count). The Morgan fingerprint density at radius 2 is 1.60 bits per heavy atom. The maximum Gasteiger partial charge on any atom is 0.243 e. The van der Waals surface area contributed by atoms with E-state index in [2.05, 4.69) is 5.32 Å². The SMILES string of the molecule is CCNC(=O)[C@H](Cc1ccccc1)N(Cc1ccc(Cl)c(Cl)c1)C(=O)CCCN(c1ccc(C)cc1)S(C)(=O)=O. The summed E-state index contributed by atoms with van der Waals surface area (Å²) in [5, 5.41) is 3.61. The molecule has 40 heavy (non-hydrogen) atoms. The zero-order chi connectivity index (χ0) is 29.3. The number of carbonyl (C=O) groups excluding carboxylic acids is 2. The molecule has 0 aromatic heterocycles. The number of rotatable bonds is 13. The Balaban J connectivity index is 1.87. The first-order valence-corrected chi connectivity index (χ1v) is 15.7. The lowest BCUT2D eigenvalue weighted by atomic mass is 10.0. The minimum Gasteiger partial charge on any atom is -0.355 e. The number of nitrogens with zero attached hydrogens (tertiary/aromatic N) is 2. The zero-order valence-corrected chi connectivity index (χ0v) is 25.3. The molecule has 2 amide bonds. The van der Waals surface area contributed by atoms with Crippen molar-refractivity contribution >= 4 is 50.7 Å². The summed E-state index contributed by atoms with van der Waals surface area (Å²) in [6.07, 6.45) is 1.78. The molecule has 0 radical (unpaired) electrons. The van der Waals surface area contributed by atoms with E-state index in [0.29, 0.717) is 28.7 Å². The van der Waals surface area contributed by atoms with Crippen molar-refractivity contribution in [1.29, 1.82) is 0 Å². The Morgan fingerprint density at radius 3 is 2.20 bits per heavy atom. The number of halogens is 2. The third-order valence-corrected chi connectivity index (χ3v) is 8.37. The fourth-order valence-electron chi connectivity index (χ4n) is 4.40. The molecule has 1 atom stereocenters. The van der Waals surface area contributed by atoms with Gasteiger partial charge in [-0.05, 0) is 55.7 Å². The first-order valence-electron chi connectivity index (χ1n) is 13.1. The summed E-state index contributed by atoms with van der Waals surface area (Å²) >= 11 is 12.4. The van der Waals surface area contributed by atoms with E-state index in [1.165, 1.54) is 4.31 Å². The number of hydrogen-bond donors (Lipinski definition) is 1. The number of hydrogen-bond acceptors (Lipinski definition) is 4. The van der Waals surface area contributed by atoms with Crippen LogP contribution in [-0.2, 0) is 32.6 Å². The summed E-state index contributed by atoms with van der Waals surface area (Å²) in [5.41, 5.74) is 3.19. The molecule has 0 saturated carbocycles. The maximum atomic E-state index is 13.8. The van der Waals surface area contributed by atoms with E-state index in [-0.39, 0.29) is 37.7 Å². The summed E-state index contributed by atoms with van der Waals surface area (Å²) < 4.78 is 26.4. The molecule has 3 aromatic rings. The van der Waals surface area contributed by atoms with Crippen molar-refractivity contribution in [1.82, 2.24) is 10.2 Å². The highest BCUT2D eigenvalue weighted by molar-refractivity contribution is 7.92. The molecule has 0 unspecified atom stereocenters. The lowest BCUT2D eigenvalue weighted by Crippen LogP contribution is -2.50.